The standard InChI is InChI=1S/C11H13BrCl2O2/c1-7(6-15-2)16-11-8(5-12)3-9(13)4-10(11)14/h3-4,7H,5-6H2,1-2H3. The van der Waals surface area contributed by atoms with Crippen LogP contribution < -0.4 is 4.74 Å². The predicted molar refractivity (Wildman–Crippen MR) is 71.1 cm³/mol. The van der Waals surface area contributed by atoms with Crippen molar-refractivity contribution in [2.24, 2.45) is 0 Å². The minimum absolute atomic E-state index is 0.0542. The lowest BCUT2D eigenvalue weighted by molar-refractivity contribution is 0.0916. The third-order valence-electron chi connectivity index (χ3n) is 1.95. The van der Waals surface area contributed by atoms with Crippen molar-refractivity contribution in [2.75, 3.05) is 13.7 Å². The van der Waals surface area contributed by atoms with Gasteiger partial charge in [-0.15, -0.1) is 0 Å². The predicted octanol–water partition coefficient (Wildman–Crippen LogP) is 4.30. The molecule has 1 aromatic carbocycles. The lowest BCUT2D eigenvalue weighted by atomic mass is 10.2. The monoisotopic (exact) mass is 326 g/mol. The van der Waals surface area contributed by atoms with Gasteiger partial charge in [-0.25, -0.2) is 0 Å². The second-order valence-corrected chi connectivity index (χ2v) is 4.80. The van der Waals surface area contributed by atoms with Crippen LogP contribution >= 0.6 is 39.1 Å². The molecule has 0 aliphatic rings. The van der Waals surface area contributed by atoms with Gasteiger partial charge in [-0.1, -0.05) is 39.1 Å². The second-order valence-electron chi connectivity index (χ2n) is 3.39. The molecule has 1 aromatic rings. The molecule has 90 valence electrons. The summed E-state index contributed by atoms with van der Waals surface area (Å²) >= 11 is 15.4. The number of hydrogen-bond acceptors (Lipinski definition) is 2. The van der Waals surface area contributed by atoms with Crippen LogP contribution in [0.25, 0.3) is 0 Å². The Labute approximate surface area is 114 Å². The van der Waals surface area contributed by atoms with E-state index >= 15 is 0 Å². The average molecular weight is 328 g/mol. The first-order chi connectivity index (χ1) is 7.58. The first kappa shape index (κ1) is 14.1. The van der Waals surface area contributed by atoms with E-state index in [4.69, 9.17) is 32.7 Å². The van der Waals surface area contributed by atoms with Crippen LogP contribution in [-0.2, 0) is 10.1 Å². The molecule has 0 bridgehead atoms. The summed E-state index contributed by atoms with van der Waals surface area (Å²) in [6, 6.07) is 3.50. The molecule has 0 fully saturated rings. The van der Waals surface area contributed by atoms with Gasteiger partial charge in [-0.3, -0.25) is 0 Å². The Balaban J connectivity index is 2.93. The van der Waals surface area contributed by atoms with Crippen LogP contribution in [0.1, 0.15) is 12.5 Å². The minimum atomic E-state index is -0.0542. The van der Waals surface area contributed by atoms with E-state index in [2.05, 4.69) is 15.9 Å². The third kappa shape index (κ3) is 3.81. The van der Waals surface area contributed by atoms with Gasteiger partial charge in [0.1, 0.15) is 11.9 Å². The molecule has 1 rings (SSSR count). The highest BCUT2D eigenvalue weighted by molar-refractivity contribution is 9.08. The van der Waals surface area contributed by atoms with E-state index in [-0.39, 0.29) is 6.10 Å². The zero-order chi connectivity index (χ0) is 12.1. The van der Waals surface area contributed by atoms with E-state index in [0.717, 1.165) is 5.56 Å². The first-order valence-electron chi connectivity index (χ1n) is 4.78. The largest absolute Gasteiger partial charge is 0.486 e. The Morgan fingerprint density at radius 1 is 1.38 bits per heavy atom. The average Bonchev–Trinajstić information content (AvgIpc) is 2.22. The molecule has 0 N–H and O–H groups in total. The van der Waals surface area contributed by atoms with Crippen LogP contribution in [0, 0.1) is 0 Å². The Morgan fingerprint density at radius 3 is 2.62 bits per heavy atom. The number of alkyl halides is 1. The molecule has 0 aromatic heterocycles. The van der Waals surface area contributed by atoms with Gasteiger partial charge in [0.25, 0.3) is 0 Å². The van der Waals surface area contributed by atoms with Crippen molar-refractivity contribution in [3.05, 3.63) is 27.7 Å². The van der Waals surface area contributed by atoms with E-state index in [9.17, 15) is 0 Å². The highest BCUT2D eigenvalue weighted by Gasteiger charge is 2.13. The summed E-state index contributed by atoms with van der Waals surface area (Å²) in [7, 11) is 1.63. The van der Waals surface area contributed by atoms with Crippen molar-refractivity contribution < 1.29 is 9.47 Å². The smallest absolute Gasteiger partial charge is 0.142 e. The van der Waals surface area contributed by atoms with Gasteiger partial charge < -0.3 is 9.47 Å². The molecule has 0 radical (unpaired) electrons. The van der Waals surface area contributed by atoms with E-state index in [1.807, 2.05) is 13.0 Å². The van der Waals surface area contributed by atoms with Gasteiger partial charge in [-0.2, -0.15) is 0 Å². The summed E-state index contributed by atoms with van der Waals surface area (Å²) in [6.07, 6.45) is -0.0542. The molecule has 0 spiro atoms. The summed E-state index contributed by atoms with van der Waals surface area (Å²) in [5.41, 5.74) is 0.931. The zero-order valence-electron chi connectivity index (χ0n) is 9.10. The van der Waals surface area contributed by atoms with E-state index < -0.39 is 0 Å². The number of benzene rings is 1. The molecule has 1 atom stereocenters. The van der Waals surface area contributed by atoms with Crippen molar-refractivity contribution in [2.45, 2.75) is 18.4 Å². The van der Waals surface area contributed by atoms with E-state index in [1.54, 1.807) is 13.2 Å². The molecule has 0 saturated heterocycles. The summed E-state index contributed by atoms with van der Waals surface area (Å²) in [6.45, 7) is 2.44. The summed E-state index contributed by atoms with van der Waals surface area (Å²) < 4.78 is 10.7. The lowest BCUT2D eigenvalue weighted by Crippen LogP contribution is -2.18. The fourth-order valence-electron chi connectivity index (χ4n) is 1.31. The number of halogens is 3. The molecule has 5 heteroatoms. The Kier molecular flexibility index (Phi) is 5.90. The quantitative estimate of drug-likeness (QED) is 0.750. The minimum Gasteiger partial charge on any atom is -0.486 e. The topological polar surface area (TPSA) is 18.5 Å². The van der Waals surface area contributed by atoms with Crippen LogP contribution in [-0.4, -0.2) is 19.8 Å². The van der Waals surface area contributed by atoms with E-state index in [1.165, 1.54) is 0 Å². The number of ether oxygens (including phenoxy) is 2. The second kappa shape index (κ2) is 6.70. The summed E-state index contributed by atoms with van der Waals surface area (Å²) in [5, 5.41) is 1.76. The normalized spacial score (nSPS) is 12.6. The zero-order valence-corrected chi connectivity index (χ0v) is 12.2. The van der Waals surface area contributed by atoms with Gasteiger partial charge >= 0.3 is 0 Å². The third-order valence-corrected chi connectivity index (χ3v) is 3.05. The molecule has 0 aliphatic carbocycles. The lowest BCUT2D eigenvalue weighted by Gasteiger charge is -2.17. The van der Waals surface area contributed by atoms with E-state index in [0.29, 0.717) is 27.7 Å². The molecular formula is C11H13BrCl2O2. The first-order valence-corrected chi connectivity index (χ1v) is 6.65. The van der Waals surface area contributed by atoms with Crippen LogP contribution in [0.5, 0.6) is 5.75 Å². The maximum absolute atomic E-state index is 6.09. The Morgan fingerprint density at radius 2 is 2.06 bits per heavy atom. The molecule has 0 saturated carbocycles. The fraction of sp³-hybridized carbons (Fsp3) is 0.455. The SMILES string of the molecule is COCC(C)Oc1c(Cl)cc(Cl)cc1CBr. The van der Waals surface area contributed by atoms with Crippen molar-refractivity contribution in [1.29, 1.82) is 0 Å². The molecule has 0 amide bonds. The van der Waals surface area contributed by atoms with Gasteiger partial charge in [-0.05, 0) is 19.1 Å². The molecule has 2 nitrogen and oxygen atoms in total. The number of methoxy groups -OCH3 is 1. The van der Waals surface area contributed by atoms with Crippen molar-refractivity contribution >= 4 is 39.1 Å². The van der Waals surface area contributed by atoms with Gasteiger partial charge in [0.15, 0.2) is 0 Å². The summed E-state index contributed by atoms with van der Waals surface area (Å²) in [4.78, 5) is 0. The number of hydrogen-bond donors (Lipinski definition) is 0. The maximum atomic E-state index is 6.09. The van der Waals surface area contributed by atoms with Crippen LogP contribution in [0.3, 0.4) is 0 Å². The Bertz CT molecular complexity index is 358. The molecule has 16 heavy (non-hydrogen) atoms. The molecule has 0 aliphatic heterocycles. The van der Waals surface area contributed by atoms with Crippen molar-refractivity contribution in [3.63, 3.8) is 0 Å². The number of rotatable bonds is 5. The van der Waals surface area contributed by atoms with Crippen LogP contribution in [0.4, 0.5) is 0 Å². The maximum Gasteiger partial charge on any atom is 0.142 e. The molecule has 1 unspecified atom stereocenters. The van der Waals surface area contributed by atoms with Crippen LogP contribution in [0.15, 0.2) is 12.1 Å². The fourth-order valence-corrected chi connectivity index (χ4v) is 2.31. The van der Waals surface area contributed by atoms with Gasteiger partial charge in [0, 0.05) is 23.0 Å². The van der Waals surface area contributed by atoms with Crippen molar-refractivity contribution in [3.8, 4) is 5.75 Å². The van der Waals surface area contributed by atoms with Crippen molar-refractivity contribution in [1.82, 2.24) is 0 Å². The molecular weight excluding hydrogens is 315 g/mol. The highest BCUT2D eigenvalue weighted by Crippen LogP contribution is 2.34. The highest BCUT2D eigenvalue weighted by atomic mass is 79.9. The Hall–Kier alpha value is 0.0400. The summed E-state index contributed by atoms with van der Waals surface area (Å²) in [5.74, 6) is 0.660. The van der Waals surface area contributed by atoms with Gasteiger partial charge in [0.2, 0.25) is 0 Å². The van der Waals surface area contributed by atoms with Crippen LogP contribution in [0.2, 0.25) is 10.0 Å². The van der Waals surface area contributed by atoms with Gasteiger partial charge in [0.05, 0.1) is 11.6 Å². The molecule has 0 heterocycles.